The van der Waals surface area contributed by atoms with E-state index in [1.165, 1.54) is 18.2 Å². The van der Waals surface area contributed by atoms with Crippen LogP contribution in [0.4, 0.5) is 0 Å². The van der Waals surface area contributed by atoms with Crippen LogP contribution < -0.4 is 0 Å². The first kappa shape index (κ1) is 20.6. The van der Waals surface area contributed by atoms with E-state index in [1.807, 2.05) is 103 Å². The van der Waals surface area contributed by atoms with Gasteiger partial charge >= 0.3 is 0 Å². The van der Waals surface area contributed by atoms with Gasteiger partial charge in [0.25, 0.3) is 0 Å². The van der Waals surface area contributed by atoms with Crippen molar-refractivity contribution in [1.29, 1.82) is 0 Å². The minimum Gasteiger partial charge on any atom is -0.309 e. The number of rotatable bonds is 6. The monoisotopic (exact) mass is 635 g/mol. The van der Waals surface area contributed by atoms with Gasteiger partial charge in [0, 0.05) is 27.5 Å². The lowest BCUT2D eigenvalue weighted by Crippen LogP contribution is -2.04. The van der Waals surface area contributed by atoms with Crippen molar-refractivity contribution >= 4 is 21.8 Å². The lowest BCUT2D eigenvalue weighted by atomic mass is 10.0. The van der Waals surface area contributed by atoms with Gasteiger partial charge in [-0.05, 0) is 52.5 Å². The Balaban J connectivity index is 1.44. The molecule has 0 N–H and O–H groups in total. The molecule has 0 amide bonds. The molecule has 0 fully saturated rings. The average Bonchev–Trinajstić information content (AvgIpc) is 3.61. The highest BCUT2D eigenvalue weighted by Gasteiger charge is 2.20. The maximum Gasteiger partial charge on any atom is 0.166 e. The number of fused-ring (bicyclic) bond motifs is 3. The topological polar surface area (TPSA) is 43.6 Å². The number of aromatic nitrogens is 4. The predicted octanol–water partition coefficient (Wildman–Crippen LogP) is 11.3. The molecule has 49 heavy (non-hydrogen) atoms. The van der Waals surface area contributed by atoms with E-state index in [1.54, 1.807) is 10.6 Å². The molecular weight excluding hydrogens is 597 g/mol. The number of hydrogen-bond donors (Lipinski definition) is 0. The van der Waals surface area contributed by atoms with E-state index < -0.39 is 6.04 Å². The predicted molar refractivity (Wildman–Crippen MR) is 201 cm³/mol. The molecule has 9 rings (SSSR count). The van der Waals surface area contributed by atoms with Gasteiger partial charge in [-0.3, -0.25) is 0 Å². The summed E-state index contributed by atoms with van der Waals surface area (Å²) in [4.78, 5) is 14.9. The molecule has 0 aliphatic carbocycles. The smallest absolute Gasteiger partial charge is 0.166 e. The Morgan fingerprint density at radius 1 is 0.408 bits per heavy atom. The second-order valence-corrected chi connectivity index (χ2v) is 11.3. The third-order valence-electron chi connectivity index (χ3n) is 8.34. The van der Waals surface area contributed by atoms with E-state index >= 15 is 0 Å². The molecule has 0 spiro atoms. The summed E-state index contributed by atoms with van der Waals surface area (Å²) in [5, 5.41) is 0.0714. The van der Waals surface area contributed by atoms with Gasteiger partial charge in [-0.25, -0.2) is 15.0 Å². The van der Waals surface area contributed by atoms with Crippen LogP contribution in [-0.2, 0) is 0 Å². The molecule has 0 unspecified atom stereocenters. The average molecular weight is 636 g/mol. The Labute approximate surface area is 297 Å². The van der Waals surface area contributed by atoms with Crippen molar-refractivity contribution in [2.24, 2.45) is 0 Å². The summed E-state index contributed by atoms with van der Waals surface area (Å²) in [7, 11) is 0. The molecule has 0 saturated carbocycles. The zero-order chi connectivity index (χ0) is 40.4. The Hall–Kier alpha value is -6.65. The number of nitrogens with zero attached hydrogens (tertiary/aromatic N) is 4. The minimum atomic E-state index is -0.439. The van der Waals surface area contributed by atoms with Gasteiger partial charge in [0.1, 0.15) is 0 Å². The Bertz CT molecular complexity index is 3020. The highest BCUT2D eigenvalue weighted by molar-refractivity contribution is 6.11. The van der Waals surface area contributed by atoms with Crippen molar-refractivity contribution < 1.29 is 12.3 Å². The zero-order valence-corrected chi connectivity index (χ0v) is 25.9. The van der Waals surface area contributed by atoms with Crippen molar-refractivity contribution in [3.8, 4) is 62.1 Å². The molecule has 230 valence electrons. The van der Waals surface area contributed by atoms with Gasteiger partial charge in [-0.1, -0.05) is 152 Å². The summed E-state index contributed by atoms with van der Waals surface area (Å²) < 4.78 is 82.4. The standard InChI is InChI=1S/C45H30N4/c1-5-15-31(16-6-1)35-25-27-41-38(29-35)37-23-13-14-24-40(37)49(41)42-28-26-36(32-17-7-2-8-18-32)30-39(42)45-47-43(33-19-9-3-10-20-33)46-44(48-45)34-21-11-4-12-22-34/h1-30H/i1D,13D,15D,16D,23D,24D,25D,27D,29D. The lowest BCUT2D eigenvalue weighted by Gasteiger charge is -2.16. The van der Waals surface area contributed by atoms with E-state index in [0.29, 0.717) is 22.9 Å². The summed E-state index contributed by atoms with van der Waals surface area (Å²) in [6, 6.07) is 35.5. The molecule has 4 heteroatoms. The zero-order valence-electron chi connectivity index (χ0n) is 34.9. The molecule has 0 atom stereocenters. The van der Waals surface area contributed by atoms with Crippen molar-refractivity contribution in [2.45, 2.75) is 0 Å². The van der Waals surface area contributed by atoms with Crippen LogP contribution >= 0.6 is 0 Å². The molecule has 0 saturated heterocycles. The molecule has 2 aromatic heterocycles. The van der Waals surface area contributed by atoms with Crippen molar-refractivity contribution in [1.82, 2.24) is 19.5 Å². The molecule has 7 aromatic carbocycles. The van der Waals surface area contributed by atoms with Crippen molar-refractivity contribution in [2.75, 3.05) is 0 Å². The SMILES string of the molecule is [2H]c1cc([2H])c(-c2c([2H])c([2H])c3c(c2[2H])c2c([2H])c([2H])cc([2H])c2n3-c2ccc(-c3ccccc3)cc2-c2nc(-c3ccccc3)nc(-c3ccccc3)n2)c([2H])c1. The van der Waals surface area contributed by atoms with Crippen LogP contribution in [0, 0.1) is 0 Å². The van der Waals surface area contributed by atoms with Gasteiger partial charge in [-0.2, -0.15) is 0 Å². The first-order valence-electron chi connectivity index (χ1n) is 20.2. The van der Waals surface area contributed by atoms with Gasteiger partial charge < -0.3 is 4.57 Å². The largest absolute Gasteiger partial charge is 0.309 e. The van der Waals surface area contributed by atoms with Crippen LogP contribution in [0.5, 0.6) is 0 Å². The quantitative estimate of drug-likeness (QED) is 0.183. The fourth-order valence-corrected chi connectivity index (χ4v) is 6.03. The highest BCUT2D eigenvalue weighted by atomic mass is 15.1. The number of hydrogen-bond acceptors (Lipinski definition) is 3. The van der Waals surface area contributed by atoms with Crippen LogP contribution in [-0.4, -0.2) is 19.5 Å². The van der Waals surface area contributed by atoms with Crippen LogP contribution in [0.2, 0.25) is 0 Å². The van der Waals surface area contributed by atoms with E-state index in [-0.39, 0.29) is 87.1 Å². The Morgan fingerprint density at radius 2 is 1.00 bits per heavy atom. The highest BCUT2D eigenvalue weighted by Crippen LogP contribution is 2.39. The molecule has 0 aliphatic rings. The summed E-state index contributed by atoms with van der Waals surface area (Å²) in [6.45, 7) is 0. The normalized spacial score (nSPS) is 13.8. The number of benzene rings is 7. The van der Waals surface area contributed by atoms with Crippen LogP contribution in [0.25, 0.3) is 83.9 Å². The van der Waals surface area contributed by atoms with Crippen LogP contribution in [0.15, 0.2) is 182 Å². The van der Waals surface area contributed by atoms with E-state index in [9.17, 15) is 5.48 Å². The number of para-hydroxylation sites is 1. The van der Waals surface area contributed by atoms with E-state index in [0.717, 1.165) is 22.3 Å². The van der Waals surface area contributed by atoms with Crippen LogP contribution in [0.1, 0.15) is 12.3 Å². The summed E-state index contributed by atoms with van der Waals surface area (Å²) in [5.74, 6) is 1.07. The third kappa shape index (κ3) is 5.26. The summed E-state index contributed by atoms with van der Waals surface area (Å²) >= 11 is 0. The second-order valence-electron chi connectivity index (χ2n) is 11.3. The van der Waals surface area contributed by atoms with Gasteiger partial charge in [0.05, 0.1) is 29.1 Å². The van der Waals surface area contributed by atoms with Crippen LogP contribution in [0.3, 0.4) is 0 Å². The lowest BCUT2D eigenvalue weighted by molar-refractivity contribution is 1.06. The molecule has 0 aliphatic heterocycles. The first-order valence-corrected chi connectivity index (χ1v) is 15.7. The van der Waals surface area contributed by atoms with E-state index in [2.05, 4.69) is 0 Å². The second kappa shape index (κ2) is 12.2. The third-order valence-corrected chi connectivity index (χ3v) is 8.34. The maximum atomic E-state index is 9.60. The molecule has 4 nitrogen and oxygen atoms in total. The van der Waals surface area contributed by atoms with Crippen molar-refractivity contribution in [3.05, 3.63) is 182 Å². The van der Waals surface area contributed by atoms with Gasteiger partial charge in [0.15, 0.2) is 17.5 Å². The molecule has 9 aromatic rings. The molecule has 0 bridgehead atoms. The van der Waals surface area contributed by atoms with Crippen molar-refractivity contribution in [3.63, 3.8) is 0 Å². The minimum absolute atomic E-state index is 0.0241. The molecular formula is C45H30N4. The molecule has 2 heterocycles. The van der Waals surface area contributed by atoms with Gasteiger partial charge in [0.2, 0.25) is 0 Å². The maximum absolute atomic E-state index is 9.60. The fraction of sp³-hybridized carbons (Fsp3) is 0. The summed E-state index contributed by atoms with van der Waals surface area (Å²) in [6.07, 6.45) is 0. The Morgan fingerprint density at radius 3 is 1.67 bits per heavy atom. The summed E-state index contributed by atoms with van der Waals surface area (Å²) in [5.41, 5.74) is 3.94. The van der Waals surface area contributed by atoms with E-state index in [4.69, 9.17) is 21.8 Å². The van der Waals surface area contributed by atoms with Gasteiger partial charge in [-0.15, -0.1) is 0 Å². The fourth-order valence-electron chi connectivity index (χ4n) is 6.03. The first-order chi connectivity index (χ1) is 28.0. The Kier molecular flexibility index (Phi) is 5.11. The molecule has 0 radical (unpaired) electrons.